The van der Waals surface area contributed by atoms with Gasteiger partial charge in [0.15, 0.2) is 5.78 Å². The van der Waals surface area contributed by atoms with Crippen LogP contribution < -0.4 is 5.32 Å². The van der Waals surface area contributed by atoms with Crippen molar-refractivity contribution in [3.05, 3.63) is 35.4 Å². The van der Waals surface area contributed by atoms with Gasteiger partial charge in [0.1, 0.15) is 11.6 Å². The van der Waals surface area contributed by atoms with Crippen molar-refractivity contribution in [1.29, 1.82) is 0 Å². The number of nitrogens with one attached hydrogen (secondary N) is 1. The first-order valence-electron chi connectivity index (χ1n) is 5.92. The summed E-state index contributed by atoms with van der Waals surface area (Å²) in [7, 11) is 0. The summed E-state index contributed by atoms with van der Waals surface area (Å²) >= 11 is 0. The Balaban J connectivity index is 2.23. The summed E-state index contributed by atoms with van der Waals surface area (Å²) in [6, 6.07) is 3.05. The standard InChI is InChI=1S/C13H15F2NO/c14-9-5-4-6-10(15)12(9)13(17)11-7-2-1-3-8-16-11/h4-6,11,16H,1-3,7-8H2. The number of benzene rings is 1. The molecule has 0 saturated carbocycles. The molecule has 2 nitrogen and oxygen atoms in total. The van der Waals surface area contributed by atoms with Crippen LogP contribution in [0, 0.1) is 11.6 Å². The Morgan fingerprint density at radius 1 is 1.18 bits per heavy atom. The van der Waals surface area contributed by atoms with Crippen LogP contribution in [0.4, 0.5) is 8.78 Å². The van der Waals surface area contributed by atoms with E-state index in [1.165, 1.54) is 6.07 Å². The molecule has 1 heterocycles. The second kappa shape index (κ2) is 5.36. The SMILES string of the molecule is O=C(c1c(F)cccc1F)C1CCCCCN1. The lowest BCUT2D eigenvalue weighted by Crippen LogP contribution is -2.36. The maximum absolute atomic E-state index is 13.5. The van der Waals surface area contributed by atoms with Crippen LogP contribution in [0.15, 0.2) is 18.2 Å². The lowest BCUT2D eigenvalue weighted by Gasteiger charge is -2.15. The van der Waals surface area contributed by atoms with Gasteiger partial charge in [-0.15, -0.1) is 0 Å². The van der Waals surface area contributed by atoms with Crippen LogP contribution in [0.2, 0.25) is 0 Å². The van der Waals surface area contributed by atoms with E-state index in [9.17, 15) is 13.6 Å². The Hall–Kier alpha value is -1.29. The Morgan fingerprint density at radius 3 is 2.59 bits per heavy atom. The van der Waals surface area contributed by atoms with Crippen molar-refractivity contribution in [3.63, 3.8) is 0 Å². The van der Waals surface area contributed by atoms with Gasteiger partial charge in [-0.3, -0.25) is 4.79 Å². The van der Waals surface area contributed by atoms with Gasteiger partial charge in [0.25, 0.3) is 0 Å². The number of hydrogen-bond donors (Lipinski definition) is 1. The fraction of sp³-hybridized carbons (Fsp3) is 0.462. The fourth-order valence-corrected chi connectivity index (χ4v) is 2.16. The average molecular weight is 239 g/mol. The molecule has 92 valence electrons. The summed E-state index contributed by atoms with van der Waals surface area (Å²) < 4.78 is 26.9. The van der Waals surface area contributed by atoms with Gasteiger partial charge in [0.2, 0.25) is 0 Å². The van der Waals surface area contributed by atoms with E-state index in [-0.39, 0.29) is 0 Å². The molecule has 4 heteroatoms. The van der Waals surface area contributed by atoms with Gasteiger partial charge in [0.05, 0.1) is 11.6 Å². The van der Waals surface area contributed by atoms with Gasteiger partial charge in [-0.1, -0.05) is 18.9 Å². The van der Waals surface area contributed by atoms with E-state index >= 15 is 0 Å². The van der Waals surface area contributed by atoms with Crippen molar-refractivity contribution in [2.75, 3.05) is 6.54 Å². The van der Waals surface area contributed by atoms with E-state index in [0.717, 1.165) is 37.9 Å². The van der Waals surface area contributed by atoms with Crippen LogP contribution in [-0.4, -0.2) is 18.4 Å². The molecule has 17 heavy (non-hydrogen) atoms. The Morgan fingerprint density at radius 2 is 1.88 bits per heavy atom. The molecule has 1 N–H and O–H groups in total. The number of carbonyl (C=O) groups excluding carboxylic acids is 1. The number of hydrogen-bond acceptors (Lipinski definition) is 2. The third-order valence-electron chi connectivity index (χ3n) is 3.09. The minimum absolute atomic E-state index is 0.410. The normalized spacial score (nSPS) is 20.9. The molecule has 1 aromatic carbocycles. The highest BCUT2D eigenvalue weighted by atomic mass is 19.1. The zero-order valence-corrected chi connectivity index (χ0v) is 9.51. The van der Waals surface area contributed by atoms with Gasteiger partial charge >= 0.3 is 0 Å². The molecule has 0 radical (unpaired) electrons. The first-order chi connectivity index (χ1) is 8.20. The summed E-state index contributed by atoms with van der Waals surface area (Å²) in [5.74, 6) is -2.02. The number of ketones is 1. The summed E-state index contributed by atoms with van der Waals surface area (Å²) in [6.45, 7) is 0.729. The molecule has 1 saturated heterocycles. The van der Waals surface area contributed by atoms with Crippen LogP contribution >= 0.6 is 0 Å². The number of rotatable bonds is 2. The molecule has 1 atom stereocenters. The van der Waals surface area contributed by atoms with Gasteiger partial charge < -0.3 is 5.32 Å². The van der Waals surface area contributed by atoms with Crippen molar-refractivity contribution in [2.45, 2.75) is 31.7 Å². The monoisotopic (exact) mass is 239 g/mol. The van der Waals surface area contributed by atoms with Crippen molar-refractivity contribution in [1.82, 2.24) is 5.32 Å². The van der Waals surface area contributed by atoms with Crippen molar-refractivity contribution in [2.24, 2.45) is 0 Å². The molecule has 1 aliphatic rings. The zero-order chi connectivity index (χ0) is 12.3. The van der Waals surface area contributed by atoms with Crippen LogP contribution in [0.3, 0.4) is 0 Å². The van der Waals surface area contributed by atoms with Gasteiger partial charge in [0, 0.05) is 0 Å². The smallest absolute Gasteiger partial charge is 0.185 e. The predicted octanol–water partition coefficient (Wildman–Crippen LogP) is 2.68. The fourth-order valence-electron chi connectivity index (χ4n) is 2.16. The van der Waals surface area contributed by atoms with E-state index in [0.29, 0.717) is 6.42 Å². The summed E-state index contributed by atoms with van der Waals surface area (Å²) in [5, 5.41) is 3.05. The zero-order valence-electron chi connectivity index (χ0n) is 9.51. The van der Waals surface area contributed by atoms with Crippen LogP contribution in [-0.2, 0) is 0 Å². The first-order valence-corrected chi connectivity index (χ1v) is 5.92. The van der Waals surface area contributed by atoms with E-state index in [1.54, 1.807) is 0 Å². The van der Waals surface area contributed by atoms with E-state index < -0.39 is 29.0 Å². The third kappa shape index (κ3) is 2.69. The van der Waals surface area contributed by atoms with Gasteiger partial charge in [-0.25, -0.2) is 8.78 Å². The van der Waals surface area contributed by atoms with Crippen molar-refractivity contribution in [3.8, 4) is 0 Å². The summed E-state index contributed by atoms with van der Waals surface area (Å²) in [5.41, 5.74) is -0.410. The molecule has 1 aromatic rings. The van der Waals surface area contributed by atoms with E-state index in [4.69, 9.17) is 0 Å². The van der Waals surface area contributed by atoms with E-state index in [2.05, 4.69) is 5.32 Å². The summed E-state index contributed by atoms with van der Waals surface area (Å²) in [4.78, 5) is 12.1. The number of carbonyl (C=O) groups is 1. The average Bonchev–Trinajstić information content (AvgIpc) is 2.57. The first kappa shape index (κ1) is 12.2. The molecule has 0 bridgehead atoms. The maximum atomic E-state index is 13.5. The molecule has 1 fully saturated rings. The molecular weight excluding hydrogens is 224 g/mol. The highest BCUT2D eigenvalue weighted by Gasteiger charge is 2.25. The second-order valence-corrected chi connectivity index (χ2v) is 4.32. The van der Waals surface area contributed by atoms with Crippen LogP contribution in [0.25, 0.3) is 0 Å². The Bertz CT molecular complexity index is 392. The highest BCUT2D eigenvalue weighted by molar-refractivity contribution is 6.00. The highest BCUT2D eigenvalue weighted by Crippen LogP contribution is 2.18. The lowest BCUT2D eigenvalue weighted by molar-refractivity contribution is 0.0932. The Labute approximate surface area is 99.0 Å². The summed E-state index contributed by atoms with van der Waals surface area (Å²) in [6.07, 6.45) is 3.62. The topological polar surface area (TPSA) is 29.1 Å². The van der Waals surface area contributed by atoms with Gasteiger partial charge in [-0.05, 0) is 31.5 Å². The molecule has 0 amide bonds. The molecule has 0 spiro atoms. The number of halogens is 2. The quantitative estimate of drug-likeness (QED) is 0.804. The molecule has 0 aromatic heterocycles. The molecule has 2 rings (SSSR count). The molecule has 1 aliphatic heterocycles. The molecular formula is C13H15F2NO. The van der Waals surface area contributed by atoms with Crippen molar-refractivity contribution >= 4 is 5.78 Å². The van der Waals surface area contributed by atoms with Gasteiger partial charge in [-0.2, -0.15) is 0 Å². The third-order valence-corrected chi connectivity index (χ3v) is 3.09. The minimum atomic E-state index is -0.777. The predicted molar refractivity (Wildman–Crippen MR) is 60.9 cm³/mol. The molecule has 0 aliphatic carbocycles. The second-order valence-electron chi connectivity index (χ2n) is 4.32. The van der Waals surface area contributed by atoms with Crippen LogP contribution in [0.1, 0.15) is 36.0 Å². The number of Topliss-reactive ketones (excluding diaryl/α,β-unsaturated/α-hetero) is 1. The van der Waals surface area contributed by atoms with Crippen LogP contribution in [0.5, 0.6) is 0 Å². The molecule has 1 unspecified atom stereocenters. The van der Waals surface area contributed by atoms with E-state index in [1.807, 2.05) is 0 Å². The van der Waals surface area contributed by atoms with Crippen molar-refractivity contribution < 1.29 is 13.6 Å². The minimum Gasteiger partial charge on any atom is -0.307 e. The largest absolute Gasteiger partial charge is 0.307 e. The lowest BCUT2D eigenvalue weighted by atomic mass is 9.99. The Kier molecular flexibility index (Phi) is 3.84. The maximum Gasteiger partial charge on any atom is 0.185 e.